The van der Waals surface area contributed by atoms with Crippen molar-refractivity contribution in [3.63, 3.8) is 0 Å². The highest BCUT2D eigenvalue weighted by Crippen LogP contribution is 2.26. The number of benzene rings is 1. The molecule has 0 saturated carbocycles. The third-order valence-corrected chi connectivity index (χ3v) is 2.08. The first-order valence-corrected chi connectivity index (χ1v) is 5.26. The summed E-state index contributed by atoms with van der Waals surface area (Å²) in [5.41, 5.74) is 0.719. The Morgan fingerprint density at radius 3 is 2.75 bits per heavy atom. The van der Waals surface area contributed by atoms with Crippen molar-refractivity contribution in [3.05, 3.63) is 34.9 Å². The van der Waals surface area contributed by atoms with Gasteiger partial charge < -0.3 is 9.84 Å². The van der Waals surface area contributed by atoms with Crippen LogP contribution in [0.5, 0.6) is 5.75 Å². The fourth-order valence-electron chi connectivity index (χ4n) is 1.06. The van der Waals surface area contributed by atoms with Crippen molar-refractivity contribution in [1.29, 1.82) is 0 Å². The average molecular weight is 261 g/mol. The third-order valence-electron chi connectivity index (χ3n) is 1.66. The van der Waals surface area contributed by atoms with Gasteiger partial charge >= 0.3 is 0 Å². The Hall–Kier alpha value is -1.03. The zero-order valence-electron chi connectivity index (χ0n) is 8.48. The molecule has 5 heteroatoms. The highest BCUT2D eigenvalue weighted by Gasteiger charge is 2.04. The van der Waals surface area contributed by atoms with Gasteiger partial charge in [-0.3, -0.25) is 4.79 Å². The van der Waals surface area contributed by atoms with Crippen LogP contribution >= 0.6 is 23.2 Å². The zero-order chi connectivity index (χ0) is 12.1. The summed E-state index contributed by atoms with van der Waals surface area (Å²) in [7, 11) is 0. The number of carbonyl (C=O) groups is 1. The molecule has 0 spiro atoms. The van der Waals surface area contributed by atoms with E-state index < -0.39 is 11.5 Å². The van der Waals surface area contributed by atoms with E-state index in [-0.39, 0.29) is 0 Å². The van der Waals surface area contributed by atoms with Gasteiger partial charge in [0.25, 0.3) is 0 Å². The van der Waals surface area contributed by atoms with Crippen molar-refractivity contribution in [3.8, 4) is 5.75 Å². The summed E-state index contributed by atoms with van der Waals surface area (Å²) in [5, 5.41) is 8.82. The van der Waals surface area contributed by atoms with Gasteiger partial charge in [0, 0.05) is 0 Å². The van der Waals surface area contributed by atoms with Crippen LogP contribution in [0.1, 0.15) is 12.5 Å². The molecule has 3 nitrogen and oxygen atoms in total. The molecule has 0 aromatic heterocycles. The highest BCUT2D eigenvalue weighted by atomic mass is 35.5. The largest absolute Gasteiger partial charge is 0.464 e. The van der Waals surface area contributed by atoms with Gasteiger partial charge in [0.1, 0.15) is 5.75 Å². The van der Waals surface area contributed by atoms with Gasteiger partial charge in [-0.05, 0) is 42.3 Å². The zero-order valence-corrected chi connectivity index (χ0v) is 10.00. The van der Waals surface area contributed by atoms with Crippen molar-refractivity contribution in [2.24, 2.45) is 0 Å². The number of ether oxygens (including phenoxy) is 1. The summed E-state index contributed by atoms with van der Waals surface area (Å²) in [6.45, 7) is 1.48. The van der Waals surface area contributed by atoms with Crippen molar-refractivity contribution >= 4 is 34.5 Å². The maximum Gasteiger partial charge on any atom is 0.245 e. The number of hydrogen-bond donors (Lipinski definition) is 1. The third kappa shape index (κ3) is 4.23. The molecule has 16 heavy (non-hydrogen) atoms. The Kier molecular flexibility index (Phi) is 4.80. The van der Waals surface area contributed by atoms with E-state index in [1.54, 1.807) is 18.2 Å². The van der Waals surface area contributed by atoms with Crippen LogP contribution in [0.15, 0.2) is 24.3 Å². The monoisotopic (exact) mass is 260 g/mol. The topological polar surface area (TPSA) is 46.5 Å². The summed E-state index contributed by atoms with van der Waals surface area (Å²) >= 11 is 11.1. The predicted molar refractivity (Wildman–Crippen MR) is 63.7 cm³/mol. The highest BCUT2D eigenvalue weighted by molar-refractivity contribution is 6.66. The van der Waals surface area contributed by atoms with Gasteiger partial charge in [0.15, 0.2) is 6.29 Å². The fourth-order valence-corrected chi connectivity index (χ4v) is 1.36. The first kappa shape index (κ1) is 13.0. The van der Waals surface area contributed by atoms with Gasteiger partial charge in [-0.15, -0.1) is 0 Å². The molecule has 1 aromatic rings. The Balaban J connectivity index is 2.86. The van der Waals surface area contributed by atoms with E-state index in [9.17, 15) is 4.79 Å². The molecule has 1 atom stereocenters. The lowest BCUT2D eigenvalue weighted by Gasteiger charge is -2.10. The number of hydrogen-bond acceptors (Lipinski definition) is 3. The van der Waals surface area contributed by atoms with Crippen molar-refractivity contribution in [2.45, 2.75) is 13.2 Å². The molecule has 0 heterocycles. The fraction of sp³-hybridized carbons (Fsp3) is 0.182. The molecule has 0 aliphatic heterocycles. The van der Waals surface area contributed by atoms with Crippen LogP contribution in [-0.2, 0) is 4.79 Å². The summed E-state index contributed by atoms with van der Waals surface area (Å²) in [5.74, 6) is 0.381. The first-order valence-electron chi connectivity index (χ1n) is 4.51. The molecule has 1 aromatic carbocycles. The number of allylic oxidation sites excluding steroid dienone is 1. The van der Waals surface area contributed by atoms with Crippen LogP contribution in [0.25, 0.3) is 6.08 Å². The average Bonchev–Trinajstić information content (AvgIpc) is 2.18. The van der Waals surface area contributed by atoms with E-state index in [1.165, 1.54) is 19.1 Å². The van der Waals surface area contributed by atoms with E-state index in [2.05, 4.69) is 0 Å². The number of aliphatic hydroxyl groups excluding tert-OH is 1. The summed E-state index contributed by atoms with van der Waals surface area (Å²) in [4.78, 5) is 10.5. The molecule has 0 bridgehead atoms. The molecule has 1 N–H and O–H groups in total. The molecular weight excluding hydrogens is 251 g/mol. The van der Waals surface area contributed by atoms with Crippen LogP contribution in [0.4, 0.5) is 0 Å². The Labute approximate surface area is 103 Å². The SMILES string of the molecule is CC(O)Oc1ccc(/C=C/C(=O)Cl)cc1Cl. The van der Waals surface area contributed by atoms with Gasteiger partial charge in [-0.1, -0.05) is 23.7 Å². The van der Waals surface area contributed by atoms with E-state index in [1.807, 2.05) is 0 Å². The second-order valence-electron chi connectivity index (χ2n) is 3.04. The van der Waals surface area contributed by atoms with Gasteiger partial charge in [0.2, 0.25) is 5.24 Å². The van der Waals surface area contributed by atoms with E-state index in [0.717, 1.165) is 5.56 Å². The van der Waals surface area contributed by atoms with Crippen molar-refractivity contribution in [1.82, 2.24) is 0 Å². The summed E-state index contributed by atoms with van der Waals surface area (Å²) in [6.07, 6.45) is 1.83. The molecule has 0 radical (unpaired) electrons. The Bertz CT molecular complexity index is 414. The maximum atomic E-state index is 10.5. The quantitative estimate of drug-likeness (QED) is 0.515. The van der Waals surface area contributed by atoms with Crippen LogP contribution in [0.3, 0.4) is 0 Å². The number of aliphatic hydroxyl groups is 1. The van der Waals surface area contributed by atoms with E-state index in [0.29, 0.717) is 10.8 Å². The normalized spacial score (nSPS) is 12.8. The van der Waals surface area contributed by atoms with E-state index >= 15 is 0 Å². The van der Waals surface area contributed by atoms with Gasteiger partial charge in [-0.2, -0.15) is 0 Å². The molecular formula is C11H10Cl2O3. The van der Waals surface area contributed by atoms with Crippen LogP contribution in [0, 0.1) is 0 Å². The Morgan fingerprint density at radius 1 is 1.56 bits per heavy atom. The second-order valence-corrected chi connectivity index (χ2v) is 3.82. The lowest BCUT2D eigenvalue weighted by Crippen LogP contribution is -2.09. The second kappa shape index (κ2) is 5.89. The molecule has 1 rings (SSSR count). The molecule has 0 aliphatic rings. The van der Waals surface area contributed by atoms with Gasteiger partial charge in [-0.25, -0.2) is 0 Å². The van der Waals surface area contributed by atoms with Gasteiger partial charge in [0.05, 0.1) is 5.02 Å². The molecule has 0 saturated heterocycles. The number of halogens is 2. The standard InChI is InChI=1S/C11H10Cl2O3/c1-7(14)16-10-4-2-8(6-9(10)12)3-5-11(13)15/h2-7,14H,1H3/b5-3+. The molecule has 0 amide bonds. The predicted octanol–water partition coefficient (Wildman–Crippen LogP) is 2.84. The van der Waals surface area contributed by atoms with Crippen LogP contribution < -0.4 is 4.74 Å². The van der Waals surface area contributed by atoms with Crippen LogP contribution in [0.2, 0.25) is 5.02 Å². The smallest absolute Gasteiger partial charge is 0.245 e. The van der Waals surface area contributed by atoms with Crippen LogP contribution in [-0.4, -0.2) is 16.6 Å². The minimum atomic E-state index is -0.927. The lowest BCUT2D eigenvalue weighted by molar-refractivity contribution is -0.107. The number of carbonyl (C=O) groups excluding carboxylic acids is 1. The molecule has 1 unspecified atom stereocenters. The molecule has 0 aliphatic carbocycles. The molecule has 0 fully saturated rings. The maximum absolute atomic E-state index is 10.5. The minimum Gasteiger partial charge on any atom is -0.464 e. The van der Waals surface area contributed by atoms with E-state index in [4.69, 9.17) is 33.0 Å². The molecule has 86 valence electrons. The first-order chi connectivity index (χ1) is 7.49. The minimum absolute atomic E-state index is 0.352. The lowest BCUT2D eigenvalue weighted by atomic mass is 10.2. The van der Waals surface area contributed by atoms with Crippen molar-refractivity contribution < 1.29 is 14.6 Å². The Morgan fingerprint density at radius 2 is 2.25 bits per heavy atom. The summed E-state index contributed by atoms with van der Waals surface area (Å²) in [6, 6.07) is 4.91. The number of rotatable bonds is 4. The van der Waals surface area contributed by atoms with Crippen molar-refractivity contribution in [2.75, 3.05) is 0 Å². The summed E-state index contributed by atoms with van der Waals surface area (Å²) < 4.78 is 5.03.